The van der Waals surface area contributed by atoms with Gasteiger partial charge >= 0.3 is 12.1 Å². The van der Waals surface area contributed by atoms with Crippen LogP contribution in [0.4, 0.5) is 17.6 Å². The second-order valence-electron chi connectivity index (χ2n) is 12.1. The van der Waals surface area contributed by atoms with E-state index in [0.29, 0.717) is 41.9 Å². The van der Waals surface area contributed by atoms with Crippen LogP contribution in [0.15, 0.2) is 65.8 Å². The summed E-state index contributed by atoms with van der Waals surface area (Å²) < 4.78 is 62.0. The number of nitrogens with one attached hydrogen (secondary N) is 2. The number of H-pyrrole nitrogens is 1. The Hall–Kier alpha value is -4.56. The second-order valence-corrected chi connectivity index (χ2v) is 12.1. The van der Waals surface area contributed by atoms with Crippen molar-refractivity contribution in [3.05, 3.63) is 88.5 Å². The Bertz CT molecular complexity index is 1870. The van der Waals surface area contributed by atoms with Crippen LogP contribution in [0, 0.1) is 5.82 Å². The van der Waals surface area contributed by atoms with Crippen molar-refractivity contribution in [1.29, 1.82) is 0 Å². The summed E-state index contributed by atoms with van der Waals surface area (Å²) in [6.07, 6.45) is 5.77. The van der Waals surface area contributed by atoms with Gasteiger partial charge in [-0.1, -0.05) is 23.8 Å². The van der Waals surface area contributed by atoms with E-state index in [-0.39, 0.29) is 29.0 Å². The first-order valence-corrected chi connectivity index (χ1v) is 15.7. The van der Waals surface area contributed by atoms with Gasteiger partial charge in [-0.15, -0.1) is 18.3 Å². The first-order chi connectivity index (χ1) is 22.5. The number of hydrogen-bond acceptors (Lipinski definition) is 7. The number of ether oxygens (including phenoxy) is 1. The minimum Gasteiger partial charge on any atom is -0.403 e. The summed E-state index contributed by atoms with van der Waals surface area (Å²) in [6.45, 7) is 2.63. The molecule has 0 bridgehead atoms. The summed E-state index contributed by atoms with van der Waals surface area (Å²) in [5.41, 5.74) is 7.65. The third-order valence-electron chi connectivity index (χ3n) is 8.48. The standard InChI is InChI=1S/C33H36F4N8O2/c1-20(38)4-2-5-21-16-26(30(34)29(17-21)47-33(35,36)37)28-18-23-19-45(32(46)42-31(23)41-28)25-10-8-22(9-11-25)27-7-3-6-24(40-27)12-14-44-15-13-39-43-44/h8-11,13,15-20,24,27,40H,2-7,12,14,38H2,1H3,(H,41,42,46)/t20-,24-,27-/m0/s1. The van der Waals surface area contributed by atoms with Crippen LogP contribution < -0.4 is 21.5 Å². The number of alkyl halides is 3. The highest BCUT2D eigenvalue weighted by atomic mass is 19.4. The predicted molar refractivity (Wildman–Crippen MR) is 169 cm³/mol. The summed E-state index contributed by atoms with van der Waals surface area (Å²) >= 11 is 0. The van der Waals surface area contributed by atoms with Gasteiger partial charge in [-0.05, 0) is 86.9 Å². The molecule has 4 heterocycles. The summed E-state index contributed by atoms with van der Waals surface area (Å²) in [7, 11) is 0. The Balaban J connectivity index is 1.23. The number of aromatic amines is 1. The second kappa shape index (κ2) is 13.7. The molecule has 1 saturated heterocycles. The molecule has 10 nitrogen and oxygen atoms in total. The minimum atomic E-state index is -5.07. The number of nitrogens with zero attached hydrogens (tertiary/aromatic N) is 5. The van der Waals surface area contributed by atoms with Crippen molar-refractivity contribution in [3.63, 3.8) is 0 Å². The Kier molecular flexibility index (Phi) is 9.41. The van der Waals surface area contributed by atoms with Crippen LogP contribution in [0.2, 0.25) is 0 Å². The predicted octanol–water partition coefficient (Wildman–Crippen LogP) is 5.95. The van der Waals surface area contributed by atoms with E-state index in [1.54, 1.807) is 18.5 Å². The van der Waals surface area contributed by atoms with E-state index in [4.69, 9.17) is 5.73 Å². The maximum atomic E-state index is 15.4. The van der Waals surface area contributed by atoms with E-state index in [1.165, 1.54) is 10.6 Å². The number of hydrogen-bond donors (Lipinski definition) is 3. The maximum absolute atomic E-state index is 15.4. The third-order valence-corrected chi connectivity index (χ3v) is 8.48. The molecule has 0 amide bonds. The van der Waals surface area contributed by atoms with Gasteiger partial charge in [0.25, 0.3) is 0 Å². The van der Waals surface area contributed by atoms with Gasteiger partial charge in [-0.25, -0.2) is 9.18 Å². The van der Waals surface area contributed by atoms with E-state index in [0.717, 1.165) is 43.9 Å². The topological polar surface area (TPSA) is 129 Å². The number of piperidine rings is 1. The average Bonchev–Trinajstić information content (AvgIpc) is 3.70. The van der Waals surface area contributed by atoms with E-state index in [2.05, 4.69) is 30.3 Å². The molecular formula is C33H36F4N8O2. The van der Waals surface area contributed by atoms with Crippen molar-refractivity contribution in [2.75, 3.05) is 0 Å². The highest BCUT2D eigenvalue weighted by Gasteiger charge is 2.33. The van der Waals surface area contributed by atoms with Crippen molar-refractivity contribution in [3.8, 4) is 22.7 Å². The van der Waals surface area contributed by atoms with Crippen LogP contribution in [-0.4, -0.2) is 48.0 Å². The number of nitrogens with two attached hydrogens (primary N) is 1. The summed E-state index contributed by atoms with van der Waals surface area (Å²) in [5.74, 6) is -2.10. The number of halogens is 4. The molecular weight excluding hydrogens is 616 g/mol. The smallest absolute Gasteiger partial charge is 0.403 e. The fourth-order valence-corrected chi connectivity index (χ4v) is 6.16. The van der Waals surface area contributed by atoms with Crippen molar-refractivity contribution >= 4 is 11.0 Å². The molecule has 248 valence electrons. The molecule has 0 spiro atoms. The SMILES string of the molecule is C[C@H](N)CCCc1cc(OC(F)(F)F)c(F)c(-c2cc3cn(-c4ccc([C@@H]5CCC[C@@H](CCn6ccnn6)N5)cc4)c(=O)nc3[nH]2)c1. The third kappa shape index (κ3) is 7.88. The molecule has 5 aromatic rings. The van der Waals surface area contributed by atoms with Crippen LogP contribution in [0.5, 0.6) is 5.75 Å². The lowest BCUT2D eigenvalue weighted by molar-refractivity contribution is -0.275. The zero-order valence-electron chi connectivity index (χ0n) is 25.8. The van der Waals surface area contributed by atoms with Crippen molar-refractivity contribution in [2.24, 2.45) is 5.73 Å². The number of benzene rings is 2. The van der Waals surface area contributed by atoms with Crippen molar-refractivity contribution in [1.82, 2.24) is 34.8 Å². The molecule has 6 rings (SSSR count). The van der Waals surface area contributed by atoms with Gasteiger partial charge in [0.15, 0.2) is 11.6 Å². The van der Waals surface area contributed by atoms with Gasteiger partial charge in [0.05, 0.1) is 17.6 Å². The zero-order valence-corrected chi connectivity index (χ0v) is 25.8. The van der Waals surface area contributed by atoms with Crippen LogP contribution in [0.3, 0.4) is 0 Å². The largest absolute Gasteiger partial charge is 0.573 e. The molecule has 2 aromatic carbocycles. The molecule has 0 saturated carbocycles. The summed E-state index contributed by atoms with van der Waals surface area (Å²) in [6, 6.07) is 12.2. The molecule has 1 aliphatic heterocycles. The van der Waals surface area contributed by atoms with E-state index in [9.17, 15) is 18.0 Å². The van der Waals surface area contributed by atoms with Gasteiger partial charge in [0.1, 0.15) is 5.65 Å². The van der Waals surface area contributed by atoms with E-state index in [1.807, 2.05) is 42.1 Å². The fraction of sp³-hybridized carbons (Fsp3) is 0.394. The van der Waals surface area contributed by atoms with Gasteiger partial charge in [-0.2, -0.15) is 4.98 Å². The van der Waals surface area contributed by atoms with Crippen LogP contribution >= 0.6 is 0 Å². The van der Waals surface area contributed by atoms with Crippen molar-refractivity contribution < 1.29 is 22.3 Å². The van der Waals surface area contributed by atoms with Gasteiger partial charge in [-0.3, -0.25) is 9.25 Å². The Morgan fingerprint density at radius 1 is 1.15 bits per heavy atom. The van der Waals surface area contributed by atoms with Gasteiger partial charge < -0.3 is 20.8 Å². The van der Waals surface area contributed by atoms with E-state index < -0.39 is 23.6 Å². The van der Waals surface area contributed by atoms with Crippen LogP contribution in [0.25, 0.3) is 28.0 Å². The maximum Gasteiger partial charge on any atom is 0.573 e. The molecule has 3 aromatic heterocycles. The molecule has 0 radical (unpaired) electrons. The fourth-order valence-electron chi connectivity index (χ4n) is 6.16. The Labute approximate surface area is 268 Å². The minimum absolute atomic E-state index is 0.0808. The molecule has 0 aliphatic carbocycles. The normalized spacial score (nSPS) is 17.7. The number of aromatic nitrogens is 6. The molecule has 0 unspecified atom stereocenters. The number of aryl methyl sites for hydroxylation is 2. The molecule has 3 atom stereocenters. The number of rotatable bonds is 11. The highest BCUT2D eigenvalue weighted by molar-refractivity contribution is 5.83. The molecule has 4 N–H and O–H groups in total. The first-order valence-electron chi connectivity index (χ1n) is 15.7. The lowest BCUT2D eigenvalue weighted by Crippen LogP contribution is -2.37. The molecule has 47 heavy (non-hydrogen) atoms. The quantitative estimate of drug-likeness (QED) is 0.150. The monoisotopic (exact) mass is 652 g/mol. The summed E-state index contributed by atoms with van der Waals surface area (Å²) in [4.78, 5) is 20.1. The van der Waals surface area contributed by atoms with Crippen molar-refractivity contribution in [2.45, 2.75) is 82.9 Å². The van der Waals surface area contributed by atoms with E-state index >= 15 is 4.39 Å². The first kappa shape index (κ1) is 32.4. The van der Waals surface area contributed by atoms with Gasteiger partial charge in [0, 0.05) is 48.0 Å². The average molecular weight is 653 g/mol. The Morgan fingerprint density at radius 3 is 2.68 bits per heavy atom. The molecule has 1 aliphatic rings. The van der Waals surface area contributed by atoms with Gasteiger partial charge in [0.2, 0.25) is 0 Å². The lowest BCUT2D eigenvalue weighted by atomic mass is 9.92. The lowest BCUT2D eigenvalue weighted by Gasteiger charge is -2.31. The highest BCUT2D eigenvalue weighted by Crippen LogP contribution is 2.35. The zero-order chi connectivity index (χ0) is 33.1. The molecule has 14 heteroatoms. The van der Waals surface area contributed by atoms with Crippen LogP contribution in [0.1, 0.15) is 62.6 Å². The summed E-state index contributed by atoms with van der Waals surface area (Å²) in [5, 5.41) is 12.1. The number of fused-ring (bicyclic) bond motifs is 1. The molecule has 1 fully saturated rings. The van der Waals surface area contributed by atoms with Crippen LogP contribution in [-0.2, 0) is 13.0 Å². The Morgan fingerprint density at radius 2 is 1.96 bits per heavy atom.